The topological polar surface area (TPSA) is 55.8 Å². The van der Waals surface area contributed by atoms with Crippen LogP contribution in [-0.4, -0.2) is 30.9 Å². The van der Waals surface area contributed by atoms with Gasteiger partial charge in [0.1, 0.15) is 0 Å². The van der Waals surface area contributed by atoms with Crippen molar-refractivity contribution in [3.8, 4) is 0 Å². The molecular formula is C14H20O4S. The average molecular weight is 284 g/mol. The monoisotopic (exact) mass is 284 g/mol. The first-order chi connectivity index (χ1) is 9.24. The zero-order valence-corrected chi connectivity index (χ0v) is 11.9. The van der Waals surface area contributed by atoms with E-state index in [0.717, 1.165) is 36.0 Å². The van der Waals surface area contributed by atoms with Gasteiger partial charge in [-0.3, -0.25) is 0 Å². The van der Waals surface area contributed by atoms with E-state index < -0.39 is 5.97 Å². The molecule has 1 N–H and O–H groups in total. The van der Waals surface area contributed by atoms with E-state index in [4.69, 9.17) is 14.6 Å². The third kappa shape index (κ3) is 7.10. The van der Waals surface area contributed by atoms with E-state index in [1.165, 1.54) is 0 Å². The molecular weight excluding hydrogens is 264 g/mol. The van der Waals surface area contributed by atoms with E-state index in [2.05, 4.69) is 6.92 Å². The standard InChI is InChI=1S/C14H20O4S/c1-2-3-7-17-8-9-18-11-13-12(6-10-19-13)4-5-14(15)16/h4-6,10H,2-3,7-9,11H2,1H3,(H,15,16). The maximum atomic E-state index is 10.5. The molecule has 0 saturated carbocycles. The molecule has 19 heavy (non-hydrogen) atoms. The minimum absolute atomic E-state index is 0.494. The molecule has 1 aromatic rings. The van der Waals surface area contributed by atoms with Crippen LogP contribution in [0.2, 0.25) is 0 Å². The zero-order valence-electron chi connectivity index (χ0n) is 11.1. The van der Waals surface area contributed by atoms with Crippen LogP contribution in [0, 0.1) is 0 Å². The summed E-state index contributed by atoms with van der Waals surface area (Å²) in [4.78, 5) is 11.5. The van der Waals surface area contributed by atoms with Crippen molar-refractivity contribution < 1.29 is 19.4 Å². The molecule has 106 valence electrons. The molecule has 5 heteroatoms. The fourth-order valence-electron chi connectivity index (χ4n) is 1.41. The van der Waals surface area contributed by atoms with E-state index in [-0.39, 0.29) is 0 Å². The molecule has 0 amide bonds. The van der Waals surface area contributed by atoms with Crippen molar-refractivity contribution in [2.24, 2.45) is 0 Å². The summed E-state index contributed by atoms with van der Waals surface area (Å²) in [6.45, 7) is 4.57. The van der Waals surface area contributed by atoms with Crippen LogP contribution in [-0.2, 0) is 20.9 Å². The molecule has 0 spiro atoms. The Hall–Kier alpha value is -1.17. The number of rotatable bonds is 10. The van der Waals surface area contributed by atoms with E-state index in [9.17, 15) is 4.79 Å². The summed E-state index contributed by atoms with van der Waals surface area (Å²) in [5, 5.41) is 10.5. The largest absolute Gasteiger partial charge is 0.478 e. The summed E-state index contributed by atoms with van der Waals surface area (Å²) in [7, 11) is 0. The van der Waals surface area contributed by atoms with Gasteiger partial charge < -0.3 is 14.6 Å². The molecule has 0 atom stereocenters. The SMILES string of the molecule is CCCCOCCOCc1sccc1C=CC(=O)O. The molecule has 0 unspecified atom stereocenters. The van der Waals surface area contributed by atoms with Gasteiger partial charge in [0.15, 0.2) is 0 Å². The number of ether oxygens (including phenoxy) is 2. The summed E-state index contributed by atoms with van der Waals surface area (Å²) in [5.74, 6) is -0.942. The number of carboxylic acids is 1. The lowest BCUT2D eigenvalue weighted by molar-refractivity contribution is -0.131. The van der Waals surface area contributed by atoms with E-state index >= 15 is 0 Å². The van der Waals surface area contributed by atoms with E-state index in [0.29, 0.717) is 19.8 Å². The Kier molecular flexibility index (Phi) is 8.13. The van der Waals surface area contributed by atoms with Crippen molar-refractivity contribution in [3.63, 3.8) is 0 Å². The lowest BCUT2D eigenvalue weighted by Crippen LogP contribution is -2.05. The quantitative estimate of drug-likeness (QED) is 0.529. The number of hydrogen-bond acceptors (Lipinski definition) is 4. The number of hydrogen-bond donors (Lipinski definition) is 1. The number of unbranched alkanes of at least 4 members (excludes halogenated alkanes) is 1. The van der Waals surface area contributed by atoms with Gasteiger partial charge in [0.2, 0.25) is 0 Å². The third-order valence-electron chi connectivity index (χ3n) is 2.43. The second-order valence-electron chi connectivity index (χ2n) is 3.99. The Balaban J connectivity index is 2.22. The van der Waals surface area contributed by atoms with Crippen LogP contribution < -0.4 is 0 Å². The Labute approximate surface area is 117 Å². The molecule has 0 saturated heterocycles. The molecule has 0 aliphatic heterocycles. The van der Waals surface area contributed by atoms with Gasteiger partial charge in [0.05, 0.1) is 19.8 Å². The molecule has 1 rings (SSSR count). The van der Waals surface area contributed by atoms with Crippen molar-refractivity contribution in [1.82, 2.24) is 0 Å². The van der Waals surface area contributed by atoms with Crippen LogP contribution in [0.4, 0.5) is 0 Å². The normalized spacial score (nSPS) is 11.2. The molecule has 0 aromatic carbocycles. The minimum Gasteiger partial charge on any atom is -0.478 e. The van der Waals surface area contributed by atoms with Crippen molar-refractivity contribution in [1.29, 1.82) is 0 Å². The van der Waals surface area contributed by atoms with Gasteiger partial charge in [-0.2, -0.15) is 0 Å². The fraction of sp³-hybridized carbons (Fsp3) is 0.500. The van der Waals surface area contributed by atoms with Crippen molar-refractivity contribution in [2.75, 3.05) is 19.8 Å². The molecule has 4 nitrogen and oxygen atoms in total. The Morgan fingerprint density at radius 2 is 2.16 bits per heavy atom. The van der Waals surface area contributed by atoms with Gasteiger partial charge in [-0.25, -0.2) is 4.79 Å². The van der Waals surface area contributed by atoms with Gasteiger partial charge in [-0.15, -0.1) is 11.3 Å². The first kappa shape index (κ1) is 15.9. The van der Waals surface area contributed by atoms with Gasteiger partial charge in [-0.05, 0) is 29.5 Å². The Bertz CT molecular complexity index is 398. The van der Waals surface area contributed by atoms with Crippen LogP contribution in [0.15, 0.2) is 17.5 Å². The molecule has 1 aromatic heterocycles. The Morgan fingerprint density at radius 3 is 2.89 bits per heavy atom. The lowest BCUT2D eigenvalue weighted by atomic mass is 10.2. The fourth-order valence-corrected chi connectivity index (χ4v) is 2.21. The van der Waals surface area contributed by atoms with E-state index in [1.807, 2.05) is 11.4 Å². The average Bonchev–Trinajstić information content (AvgIpc) is 2.83. The van der Waals surface area contributed by atoms with Gasteiger partial charge in [0.25, 0.3) is 0 Å². The molecule has 0 aliphatic rings. The predicted molar refractivity (Wildman–Crippen MR) is 76.4 cm³/mol. The smallest absolute Gasteiger partial charge is 0.328 e. The maximum absolute atomic E-state index is 10.5. The summed E-state index contributed by atoms with van der Waals surface area (Å²) in [6.07, 6.45) is 4.94. The Morgan fingerprint density at radius 1 is 1.37 bits per heavy atom. The summed E-state index contributed by atoms with van der Waals surface area (Å²) >= 11 is 1.56. The van der Waals surface area contributed by atoms with Crippen LogP contribution in [0.3, 0.4) is 0 Å². The van der Waals surface area contributed by atoms with Crippen LogP contribution >= 0.6 is 11.3 Å². The minimum atomic E-state index is -0.942. The number of aliphatic carboxylic acids is 1. The zero-order chi connectivity index (χ0) is 13.9. The summed E-state index contributed by atoms with van der Waals surface area (Å²) in [5.41, 5.74) is 0.902. The molecule has 0 radical (unpaired) electrons. The molecule has 1 heterocycles. The highest BCUT2D eigenvalue weighted by Gasteiger charge is 2.02. The second kappa shape index (κ2) is 9.72. The predicted octanol–water partition coefficient (Wildman–Crippen LogP) is 3.18. The van der Waals surface area contributed by atoms with Crippen LogP contribution in [0.1, 0.15) is 30.2 Å². The van der Waals surface area contributed by atoms with Crippen molar-refractivity contribution in [2.45, 2.75) is 26.4 Å². The highest BCUT2D eigenvalue weighted by molar-refractivity contribution is 7.10. The highest BCUT2D eigenvalue weighted by Crippen LogP contribution is 2.19. The second-order valence-corrected chi connectivity index (χ2v) is 4.99. The molecule has 0 fully saturated rings. The summed E-state index contributed by atoms with van der Waals surface area (Å²) in [6, 6.07) is 1.89. The van der Waals surface area contributed by atoms with Crippen molar-refractivity contribution in [3.05, 3.63) is 28.0 Å². The summed E-state index contributed by atoms with van der Waals surface area (Å²) < 4.78 is 10.9. The number of thiophene rings is 1. The van der Waals surface area contributed by atoms with Gasteiger partial charge in [-0.1, -0.05) is 13.3 Å². The molecule has 0 bridgehead atoms. The van der Waals surface area contributed by atoms with Gasteiger partial charge >= 0.3 is 5.97 Å². The van der Waals surface area contributed by atoms with Gasteiger partial charge in [0, 0.05) is 17.6 Å². The first-order valence-electron chi connectivity index (χ1n) is 6.37. The number of carboxylic acid groups (broad SMARTS) is 1. The van der Waals surface area contributed by atoms with Crippen LogP contribution in [0.5, 0.6) is 0 Å². The van der Waals surface area contributed by atoms with Crippen molar-refractivity contribution >= 4 is 23.4 Å². The molecule has 0 aliphatic carbocycles. The maximum Gasteiger partial charge on any atom is 0.328 e. The number of carbonyl (C=O) groups is 1. The lowest BCUT2D eigenvalue weighted by Gasteiger charge is -2.05. The highest BCUT2D eigenvalue weighted by atomic mass is 32.1. The van der Waals surface area contributed by atoms with Crippen LogP contribution in [0.25, 0.3) is 6.08 Å². The van der Waals surface area contributed by atoms with E-state index in [1.54, 1.807) is 17.4 Å². The third-order valence-corrected chi connectivity index (χ3v) is 3.34. The first-order valence-corrected chi connectivity index (χ1v) is 7.25.